The number of rotatable bonds is 5. The van der Waals surface area contributed by atoms with E-state index >= 15 is 0 Å². The summed E-state index contributed by atoms with van der Waals surface area (Å²) in [6, 6.07) is 14.8. The molecule has 2 aromatic rings. The standard InChI is InChI=1S/C16H16Br2ClN/c1-2-20-16(11-3-6-13(17)7-4-11)9-12-5-8-14(18)10-15(12)19/h3-8,10,16,20H,2,9H2,1H3. The second kappa shape index (κ2) is 7.60. The molecule has 0 amide bonds. The van der Waals surface area contributed by atoms with Crippen molar-refractivity contribution in [3.8, 4) is 0 Å². The summed E-state index contributed by atoms with van der Waals surface area (Å²) in [5, 5.41) is 4.33. The Kier molecular flexibility index (Phi) is 6.09. The number of likely N-dealkylation sites (N-methyl/N-ethyl adjacent to an activating group) is 1. The van der Waals surface area contributed by atoms with Gasteiger partial charge >= 0.3 is 0 Å². The van der Waals surface area contributed by atoms with Crippen LogP contribution in [-0.2, 0) is 6.42 Å². The first-order chi connectivity index (χ1) is 9.60. The van der Waals surface area contributed by atoms with Gasteiger partial charge in [0.15, 0.2) is 0 Å². The molecule has 0 aliphatic heterocycles. The summed E-state index contributed by atoms with van der Waals surface area (Å²) in [6.45, 7) is 3.05. The fraction of sp³-hybridized carbons (Fsp3) is 0.250. The highest BCUT2D eigenvalue weighted by molar-refractivity contribution is 9.10. The molecule has 106 valence electrons. The lowest BCUT2D eigenvalue weighted by Crippen LogP contribution is -2.23. The molecule has 0 aliphatic rings. The van der Waals surface area contributed by atoms with Gasteiger partial charge in [-0.05, 0) is 48.4 Å². The number of benzene rings is 2. The molecule has 1 atom stereocenters. The Bertz CT molecular complexity index is 569. The van der Waals surface area contributed by atoms with Crippen LogP contribution in [0.2, 0.25) is 5.02 Å². The highest BCUT2D eigenvalue weighted by Crippen LogP contribution is 2.27. The highest BCUT2D eigenvalue weighted by Gasteiger charge is 2.13. The lowest BCUT2D eigenvalue weighted by molar-refractivity contribution is 0.550. The van der Waals surface area contributed by atoms with Crippen LogP contribution < -0.4 is 5.32 Å². The third-order valence-electron chi connectivity index (χ3n) is 3.16. The van der Waals surface area contributed by atoms with Crippen LogP contribution in [0.25, 0.3) is 0 Å². The Labute approximate surface area is 142 Å². The molecule has 0 saturated heterocycles. The zero-order valence-corrected chi connectivity index (χ0v) is 15.1. The van der Waals surface area contributed by atoms with Crippen LogP contribution in [0.3, 0.4) is 0 Å². The number of hydrogen-bond acceptors (Lipinski definition) is 1. The second-order valence-corrected chi connectivity index (χ2v) is 6.84. The highest BCUT2D eigenvalue weighted by atomic mass is 79.9. The molecule has 2 rings (SSSR count). The molecule has 0 heterocycles. The molecule has 0 bridgehead atoms. The van der Waals surface area contributed by atoms with Gasteiger partial charge in [-0.2, -0.15) is 0 Å². The summed E-state index contributed by atoms with van der Waals surface area (Å²) in [6.07, 6.45) is 0.877. The first kappa shape index (κ1) is 16.0. The maximum atomic E-state index is 6.32. The molecule has 20 heavy (non-hydrogen) atoms. The van der Waals surface area contributed by atoms with Gasteiger partial charge < -0.3 is 5.32 Å². The fourth-order valence-electron chi connectivity index (χ4n) is 2.16. The average molecular weight is 418 g/mol. The lowest BCUT2D eigenvalue weighted by Gasteiger charge is -2.19. The molecule has 0 aliphatic carbocycles. The maximum absolute atomic E-state index is 6.32. The van der Waals surface area contributed by atoms with Crippen molar-refractivity contribution in [1.82, 2.24) is 5.32 Å². The van der Waals surface area contributed by atoms with Crippen LogP contribution in [0.1, 0.15) is 24.1 Å². The van der Waals surface area contributed by atoms with E-state index in [1.54, 1.807) is 0 Å². The number of nitrogens with one attached hydrogen (secondary N) is 1. The summed E-state index contributed by atoms with van der Waals surface area (Å²) < 4.78 is 2.10. The molecule has 0 spiro atoms. The third kappa shape index (κ3) is 4.32. The van der Waals surface area contributed by atoms with Crippen molar-refractivity contribution in [3.63, 3.8) is 0 Å². The number of hydrogen-bond donors (Lipinski definition) is 1. The minimum absolute atomic E-state index is 0.270. The van der Waals surface area contributed by atoms with Crippen LogP contribution in [-0.4, -0.2) is 6.54 Å². The van der Waals surface area contributed by atoms with Crippen LogP contribution >= 0.6 is 43.5 Å². The van der Waals surface area contributed by atoms with E-state index in [9.17, 15) is 0 Å². The Hall–Kier alpha value is -0.350. The zero-order chi connectivity index (χ0) is 14.5. The van der Waals surface area contributed by atoms with Gasteiger partial charge in [-0.1, -0.05) is 68.6 Å². The first-order valence-electron chi connectivity index (χ1n) is 6.53. The third-order valence-corrected chi connectivity index (χ3v) is 4.54. The van der Waals surface area contributed by atoms with Gasteiger partial charge in [-0.25, -0.2) is 0 Å². The Morgan fingerprint density at radius 1 is 1.05 bits per heavy atom. The van der Waals surface area contributed by atoms with Gasteiger partial charge in [0.1, 0.15) is 0 Å². The Morgan fingerprint density at radius 2 is 1.70 bits per heavy atom. The van der Waals surface area contributed by atoms with Crippen molar-refractivity contribution in [2.75, 3.05) is 6.54 Å². The molecule has 0 saturated carbocycles. The van der Waals surface area contributed by atoms with Crippen LogP contribution in [0.4, 0.5) is 0 Å². The van der Waals surface area contributed by atoms with Crippen molar-refractivity contribution in [1.29, 1.82) is 0 Å². The van der Waals surface area contributed by atoms with Gasteiger partial charge in [-0.15, -0.1) is 0 Å². The van der Waals surface area contributed by atoms with Crippen molar-refractivity contribution in [2.24, 2.45) is 0 Å². The summed E-state index contributed by atoms with van der Waals surface area (Å²) in [5.74, 6) is 0. The Morgan fingerprint density at radius 3 is 2.30 bits per heavy atom. The summed E-state index contributed by atoms with van der Waals surface area (Å²) >= 11 is 13.2. The SMILES string of the molecule is CCNC(Cc1ccc(Br)cc1Cl)c1ccc(Br)cc1. The van der Waals surface area contributed by atoms with E-state index in [4.69, 9.17) is 11.6 Å². The van der Waals surface area contributed by atoms with Gasteiger partial charge in [0.05, 0.1) is 0 Å². The molecule has 1 nitrogen and oxygen atoms in total. The molecular weight excluding hydrogens is 401 g/mol. The van der Waals surface area contributed by atoms with Gasteiger partial charge in [0, 0.05) is 20.0 Å². The minimum Gasteiger partial charge on any atom is -0.310 e. The Balaban J connectivity index is 2.22. The van der Waals surface area contributed by atoms with Crippen molar-refractivity contribution < 1.29 is 0 Å². The molecule has 0 radical (unpaired) electrons. The van der Waals surface area contributed by atoms with Crippen molar-refractivity contribution in [2.45, 2.75) is 19.4 Å². The van der Waals surface area contributed by atoms with Crippen LogP contribution in [0.5, 0.6) is 0 Å². The van der Waals surface area contributed by atoms with Crippen LogP contribution in [0.15, 0.2) is 51.4 Å². The molecule has 0 fully saturated rings. The molecule has 4 heteroatoms. The van der Waals surface area contributed by atoms with Crippen molar-refractivity contribution in [3.05, 3.63) is 67.6 Å². The predicted octanol–water partition coefficient (Wildman–Crippen LogP) is 5.76. The van der Waals surface area contributed by atoms with Crippen molar-refractivity contribution >= 4 is 43.5 Å². The van der Waals surface area contributed by atoms with Gasteiger partial charge in [0.2, 0.25) is 0 Å². The summed E-state index contributed by atoms with van der Waals surface area (Å²) in [4.78, 5) is 0. The quantitative estimate of drug-likeness (QED) is 0.652. The molecule has 1 unspecified atom stereocenters. The summed E-state index contributed by atoms with van der Waals surface area (Å²) in [7, 11) is 0. The van der Waals surface area contributed by atoms with E-state index in [0.29, 0.717) is 0 Å². The largest absolute Gasteiger partial charge is 0.310 e. The molecule has 1 N–H and O–H groups in total. The van der Waals surface area contributed by atoms with E-state index in [1.807, 2.05) is 12.1 Å². The zero-order valence-electron chi connectivity index (χ0n) is 11.2. The van der Waals surface area contributed by atoms with Gasteiger partial charge in [-0.3, -0.25) is 0 Å². The van der Waals surface area contributed by atoms with Gasteiger partial charge in [0.25, 0.3) is 0 Å². The van der Waals surface area contributed by atoms with E-state index in [1.165, 1.54) is 5.56 Å². The van der Waals surface area contributed by atoms with E-state index < -0.39 is 0 Å². The van der Waals surface area contributed by atoms with E-state index in [-0.39, 0.29) is 6.04 Å². The van der Waals surface area contributed by atoms with E-state index in [2.05, 4.69) is 74.4 Å². The fourth-order valence-corrected chi connectivity index (χ4v) is 3.17. The monoisotopic (exact) mass is 415 g/mol. The topological polar surface area (TPSA) is 12.0 Å². The predicted molar refractivity (Wildman–Crippen MR) is 93.4 cm³/mol. The normalized spacial score (nSPS) is 12.4. The maximum Gasteiger partial charge on any atom is 0.0449 e. The summed E-state index contributed by atoms with van der Waals surface area (Å²) in [5.41, 5.74) is 2.43. The minimum atomic E-state index is 0.270. The average Bonchev–Trinajstić information content (AvgIpc) is 2.42. The van der Waals surface area contributed by atoms with Crippen LogP contribution in [0, 0.1) is 0 Å². The number of halogens is 3. The smallest absolute Gasteiger partial charge is 0.0449 e. The second-order valence-electron chi connectivity index (χ2n) is 4.60. The molecule has 2 aromatic carbocycles. The molecule has 0 aromatic heterocycles. The lowest BCUT2D eigenvalue weighted by atomic mass is 9.99. The molecular formula is C16H16Br2ClN. The van der Waals surface area contributed by atoms with E-state index in [0.717, 1.165) is 32.5 Å². The first-order valence-corrected chi connectivity index (χ1v) is 8.49.